The first-order valence-electron chi connectivity index (χ1n) is 4.68. The van der Waals surface area contributed by atoms with Crippen molar-refractivity contribution in [1.29, 1.82) is 0 Å². The molecule has 5 nitrogen and oxygen atoms in total. The van der Waals surface area contributed by atoms with E-state index in [-0.39, 0.29) is 17.8 Å². The summed E-state index contributed by atoms with van der Waals surface area (Å²) in [6.07, 6.45) is 0. The van der Waals surface area contributed by atoms with Crippen molar-refractivity contribution in [3.05, 3.63) is 49.5 Å². The first kappa shape index (κ1) is 11.8. The number of nitrogens with two attached hydrogens (primary N) is 1. The second-order valence-electron chi connectivity index (χ2n) is 3.28. The molecule has 0 aliphatic rings. The fourth-order valence-electron chi connectivity index (χ4n) is 1.28. The van der Waals surface area contributed by atoms with Crippen molar-refractivity contribution >= 4 is 28.8 Å². The summed E-state index contributed by atoms with van der Waals surface area (Å²) in [5.74, 6) is -0.664. The van der Waals surface area contributed by atoms with Gasteiger partial charge in [0, 0.05) is 10.9 Å². The highest BCUT2D eigenvalue weighted by Crippen LogP contribution is 2.21. The predicted octanol–water partition coefficient (Wildman–Crippen LogP) is 1.11. The van der Waals surface area contributed by atoms with Gasteiger partial charge in [0.1, 0.15) is 5.69 Å². The van der Waals surface area contributed by atoms with Crippen LogP contribution in [-0.4, -0.2) is 15.7 Å². The van der Waals surface area contributed by atoms with Crippen molar-refractivity contribution in [2.75, 3.05) is 0 Å². The van der Waals surface area contributed by atoms with Crippen LogP contribution in [0, 0.1) is 0 Å². The number of hydrogen-bond acceptors (Lipinski definition) is 4. The van der Waals surface area contributed by atoms with E-state index in [0.29, 0.717) is 4.34 Å². The van der Waals surface area contributed by atoms with Gasteiger partial charge in [-0.15, -0.1) is 11.3 Å². The average Bonchev–Trinajstić information content (AvgIpc) is 2.67. The molecule has 0 fully saturated rings. The van der Waals surface area contributed by atoms with Crippen LogP contribution in [0.2, 0.25) is 4.34 Å². The molecule has 0 atom stereocenters. The second kappa shape index (κ2) is 4.68. The molecule has 7 heteroatoms. The molecule has 0 saturated carbocycles. The lowest BCUT2D eigenvalue weighted by atomic mass is 10.4. The standard InChI is InChI=1S/C10H8ClN3O2S/c11-8-3-1-6(17-8)5-14-9(15)4-2-7(13-14)10(12)16/h1-4H,5H2,(H2,12,16). The van der Waals surface area contributed by atoms with Crippen molar-refractivity contribution in [3.63, 3.8) is 0 Å². The molecule has 2 rings (SSSR count). The molecule has 17 heavy (non-hydrogen) atoms. The number of aromatic nitrogens is 2. The van der Waals surface area contributed by atoms with Crippen LogP contribution >= 0.6 is 22.9 Å². The Hall–Kier alpha value is -1.66. The van der Waals surface area contributed by atoms with E-state index >= 15 is 0 Å². The zero-order chi connectivity index (χ0) is 12.4. The Morgan fingerprint density at radius 3 is 2.76 bits per heavy atom. The Labute approximate surface area is 105 Å². The average molecular weight is 270 g/mol. The van der Waals surface area contributed by atoms with Crippen LogP contribution in [-0.2, 0) is 6.54 Å². The first-order valence-corrected chi connectivity index (χ1v) is 5.88. The van der Waals surface area contributed by atoms with Gasteiger partial charge in [0.05, 0.1) is 10.9 Å². The lowest BCUT2D eigenvalue weighted by Gasteiger charge is -2.03. The highest BCUT2D eigenvalue weighted by Gasteiger charge is 2.07. The fourth-order valence-corrected chi connectivity index (χ4v) is 2.35. The number of carbonyl (C=O) groups excluding carboxylic acids is 1. The molecule has 88 valence electrons. The van der Waals surface area contributed by atoms with Crippen LogP contribution in [0.5, 0.6) is 0 Å². The number of carbonyl (C=O) groups is 1. The molecule has 2 heterocycles. The van der Waals surface area contributed by atoms with Crippen molar-refractivity contribution in [2.45, 2.75) is 6.54 Å². The minimum atomic E-state index is -0.664. The molecule has 0 radical (unpaired) electrons. The van der Waals surface area contributed by atoms with E-state index in [9.17, 15) is 9.59 Å². The summed E-state index contributed by atoms with van der Waals surface area (Å²) in [6, 6.07) is 6.12. The lowest BCUT2D eigenvalue weighted by Crippen LogP contribution is -2.26. The maximum atomic E-state index is 11.5. The van der Waals surface area contributed by atoms with Gasteiger partial charge in [0.15, 0.2) is 0 Å². The van der Waals surface area contributed by atoms with E-state index in [1.54, 1.807) is 12.1 Å². The van der Waals surface area contributed by atoms with Crippen LogP contribution in [0.1, 0.15) is 15.4 Å². The molecule has 0 unspecified atom stereocenters. The topological polar surface area (TPSA) is 78.0 Å². The summed E-state index contributed by atoms with van der Waals surface area (Å²) >= 11 is 7.14. The SMILES string of the molecule is NC(=O)c1ccc(=O)n(Cc2ccc(Cl)s2)n1. The summed E-state index contributed by atoms with van der Waals surface area (Å²) in [7, 11) is 0. The van der Waals surface area contributed by atoms with E-state index in [1.807, 2.05) is 0 Å². The Kier molecular flexibility index (Phi) is 3.26. The minimum absolute atomic E-state index is 0.0623. The monoisotopic (exact) mass is 269 g/mol. The molecule has 2 aromatic heterocycles. The van der Waals surface area contributed by atoms with E-state index < -0.39 is 5.91 Å². The number of hydrogen-bond donors (Lipinski definition) is 1. The van der Waals surface area contributed by atoms with Crippen LogP contribution in [0.3, 0.4) is 0 Å². The summed E-state index contributed by atoms with van der Waals surface area (Å²) in [5.41, 5.74) is 4.87. The van der Waals surface area contributed by atoms with Crippen LogP contribution in [0.25, 0.3) is 0 Å². The largest absolute Gasteiger partial charge is 0.364 e. The number of primary amides is 1. The third kappa shape index (κ3) is 2.72. The van der Waals surface area contributed by atoms with Gasteiger partial charge in [-0.05, 0) is 18.2 Å². The van der Waals surface area contributed by atoms with Gasteiger partial charge >= 0.3 is 0 Å². The summed E-state index contributed by atoms with van der Waals surface area (Å²) < 4.78 is 1.82. The first-order chi connectivity index (χ1) is 8.06. The van der Waals surface area contributed by atoms with Gasteiger partial charge in [-0.25, -0.2) is 4.68 Å². The number of nitrogens with zero attached hydrogens (tertiary/aromatic N) is 2. The maximum Gasteiger partial charge on any atom is 0.269 e. The van der Waals surface area contributed by atoms with Crippen molar-refractivity contribution in [3.8, 4) is 0 Å². The number of halogens is 1. The third-order valence-corrected chi connectivity index (χ3v) is 3.27. The second-order valence-corrected chi connectivity index (χ2v) is 5.08. The molecular formula is C10H8ClN3O2S. The number of thiophene rings is 1. The lowest BCUT2D eigenvalue weighted by molar-refractivity contribution is 0.0993. The molecule has 0 aromatic carbocycles. The zero-order valence-electron chi connectivity index (χ0n) is 8.59. The molecule has 0 spiro atoms. The quantitative estimate of drug-likeness (QED) is 0.906. The van der Waals surface area contributed by atoms with Crippen molar-refractivity contribution in [1.82, 2.24) is 9.78 Å². The molecule has 0 bridgehead atoms. The van der Waals surface area contributed by atoms with Crippen molar-refractivity contribution < 1.29 is 4.79 Å². The highest BCUT2D eigenvalue weighted by atomic mass is 35.5. The highest BCUT2D eigenvalue weighted by molar-refractivity contribution is 7.16. The van der Waals surface area contributed by atoms with E-state index in [4.69, 9.17) is 17.3 Å². The smallest absolute Gasteiger partial charge is 0.269 e. The van der Waals surface area contributed by atoms with Crippen molar-refractivity contribution in [2.24, 2.45) is 5.73 Å². The van der Waals surface area contributed by atoms with E-state index in [1.165, 1.54) is 28.2 Å². The Morgan fingerprint density at radius 2 is 2.18 bits per heavy atom. The zero-order valence-corrected chi connectivity index (χ0v) is 10.2. The van der Waals surface area contributed by atoms with Gasteiger partial charge in [0.2, 0.25) is 0 Å². The number of rotatable bonds is 3. The molecule has 1 amide bonds. The van der Waals surface area contributed by atoms with Gasteiger partial charge in [0.25, 0.3) is 11.5 Å². The Balaban J connectivity index is 2.35. The molecule has 2 aromatic rings. The van der Waals surface area contributed by atoms with Crippen LogP contribution in [0.15, 0.2) is 29.1 Å². The molecule has 0 aliphatic heterocycles. The fraction of sp³-hybridized carbons (Fsp3) is 0.100. The normalized spacial score (nSPS) is 10.4. The van der Waals surface area contributed by atoms with Gasteiger partial charge in [-0.2, -0.15) is 5.10 Å². The van der Waals surface area contributed by atoms with Crippen LogP contribution in [0.4, 0.5) is 0 Å². The molecule has 0 saturated heterocycles. The minimum Gasteiger partial charge on any atom is -0.364 e. The Bertz CT molecular complexity index is 620. The Morgan fingerprint density at radius 1 is 1.41 bits per heavy atom. The molecular weight excluding hydrogens is 262 g/mol. The summed E-state index contributed by atoms with van der Waals surface area (Å²) in [4.78, 5) is 23.4. The third-order valence-electron chi connectivity index (χ3n) is 2.05. The number of amides is 1. The van der Waals surface area contributed by atoms with Gasteiger partial charge in [-0.1, -0.05) is 11.6 Å². The van der Waals surface area contributed by atoms with E-state index in [0.717, 1.165) is 4.88 Å². The summed E-state index contributed by atoms with van der Waals surface area (Å²) in [6.45, 7) is 0.275. The predicted molar refractivity (Wildman–Crippen MR) is 65.4 cm³/mol. The van der Waals surface area contributed by atoms with Crippen LogP contribution < -0.4 is 11.3 Å². The van der Waals surface area contributed by atoms with E-state index in [2.05, 4.69) is 5.10 Å². The summed E-state index contributed by atoms with van der Waals surface area (Å²) in [5, 5.41) is 3.87. The van der Waals surface area contributed by atoms with Gasteiger partial charge in [-0.3, -0.25) is 9.59 Å². The maximum absolute atomic E-state index is 11.5. The molecule has 0 aliphatic carbocycles. The van der Waals surface area contributed by atoms with Gasteiger partial charge < -0.3 is 5.73 Å². The molecule has 2 N–H and O–H groups in total.